The van der Waals surface area contributed by atoms with Crippen molar-refractivity contribution < 1.29 is 9.59 Å². The third kappa shape index (κ3) is 5.03. The SMILES string of the molecule is Cc1c(NCc2cccnc2)cccc1C(=O)N[C@@H](C(=O)N(C)C)c1ccccc1. The molecule has 0 bridgehead atoms. The fourth-order valence-electron chi connectivity index (χ4n) is 3.17. The van der Waals surface area contributed by atoms with Crippen molar-refractivity contribution in [1.82, 2.24) is 15.2 Å². The Hall–Kier alpha value is -3.67. The maximum absolute atomic E-state index is 13.1. The van der Waals surface area contributed by atoms with E-state index >= 15 is 0 Å². The summed E-state index contributed by atoms with van der Waals surface area (Å²) in [7, 11) is 3.36. The molecule has 0 radical (unpaired) electrons. The van der Waals surface area contributed by atoms with Crippen LogP contribution in [0.3, 0.4) is 0 Å². The molecule has 1 atom stereocenters. The summed E-state index contributed by atoms with van der Waals surface area (Å²) in [5.74, 6) is -0.473. The van der Waals surface area contributed by atoms with Crippen LogP contribution in [0.5, 0.6) is 0 Å². The van der Waals surface area contributed by atoms with E-state index in [0.29, 0.717) is 12.1 Å². The second-order valence-corrected chi connectivity index (χ2v) is 7.24. The molecule has 2 aromatic carbocycles. The van der Waals surface area contributed by atoms with Crippen LogP contribution in [0.1, 0.15) is 33.1 Å². The smallest absolute Gasteiger partial charge is 0.252 e. The Bertz CT molecular complexity index is 1000. The number of amides is 2. The average molecular weight is 402 g/mol. The number of nitrogens with one attached hydrogen (secondary N) is 2. The highest BCUT2D eigenvalue weighted by atomic mass is 16.2. The molecule has 1 aromatic heterocycles. The Morgan fingerprint density at radius 1 is 1.00 bits per heavy atom. The molecule has 30 heavy (non-hydrogen) atoms. The summed E-state index contributed by atoms with van der Waals surface area (Å²) in [4.78, 5) is 31.4. The van der Waals surface area contributed by atoms with E-state index in [9.17, 15) is 9.59 Å². The van der Waals surface area contributed by atoms with E-state index in [0.717, 1.165) is 22.4 Å². The largest absolute Gasteiger partial charge is 0.381 e. The zero-order valence-corrected chi connectivity index (χ0v) is 17.4. The van der Waals surface area contributed by atoms with Gasteiger partial charge in [0.15, 0.2) is 0 Å². The molecule has 154 valence electrons. The van der Waals surface area contributed by atoms with Crippen molar-refractivity contribution in [2.45, 2.75) is 19.5 Å². The predicted octanol–water partition coefficient (Wildman–Crippen LogP) is 3.56. The van der Waals surface area contributed by atoms with Crippen LogP contribution in [0.25, 0.3) is 0 Å². The molecule has 1 heterocycles. The number of hydrogen-bond donors (Lipinski definition) is 2. The van der Waals surface area contributed by atoms with Crippen LogP contribution in [0.4, 0.5) is 5.69 Å². The molecule has 0 fully saturated rings. The number of aromatic nitrogens is 1. The van der Waals surface area contributed by atoms with E-state index < -0.39 is 6.04 Å². The van der Waals surface area contributed by atoms with E-state index in [1.807, 2.05) is 61.5 Å². The summed E-state index contributed by atoms with van der Waals surface area (Å²) in [6.07, 6.45) is 3.54. The first kappa shape index (κ1) is 21.0. The second kappa shape index (κ2) is 9.69. The Labute approximate surface area is 177 Å². The highest BCUT2D eigenvalue weighted by Crippen LogP contribution is 2.22. The quantitative estimate of drug-likeness (QED) is 0.634. The third-order valence-electron chi connectivity index (χ3n) is 4.88. The van der Waals surface area contributed by atoms with Crippen molar-refractivity contribution in [3.63, 3.8) is 0 Å². The van der Waals surface area contributed by atoms with Gasteiger partial charge < -0.3 is 15.5 Å². The van der Waals surface area contributed by atoms with Crippen molar-refractivity contribution in [2.24, 2.45) is 0 Å². The van der Waals surface area contributed by atoms with Gasteiger partial charge in [0.25, 0.3) is 5.91 Å². The Morgan fingerprint density at radius 2 is 1.77 bits per heavy atom. The first-order valence-corrected chi connectivity index (χ1v) is 9.76. The zero-order valence-electron chi connectivity index (χ0n) is 17.4. The van der Waals surface area contributed by atoms with Gasteiger partial charge in [0, 0.05) is 44.3 Å². The maximum atomic E-state index is 13.1. The Kier molecular flexibility index (Phi) is 6.80. The first-order chi connectivity index (χ1) is 14.5. The van der Waals surface area contributed by atoms with Crippen LogP contribution in [0.2, 0.25) is 0 Å². The minimum absolute atomic E-state index is 0.182. The molecule has 3 aromatic rings. The van der Waals surface area contributed by atoms with E-state index in [1.165, 1.54) is 4.90 Å². The van der Waals surface area contributed by atoms with Gasteiger partial charge in [-0.2, -0.15) is 0 Å². The van der Waals surface area contributed by atoms with E-state index in [4.69, 9.17) is 0 Å². The fourth-order valence-corrected chi connectivity index (χ4v) is 3.17. The number of nitrogens with zero attached hydrogens (tertiary/aromatic N) is 2. The lowest BCUT2D eigenvalue weighted by molar-refractivity contribution is -0.130. The molecule has 2 amide bonds. The van der Waals surface area contributed by atoms with Crippen molar-refractivity contribution in [1.29, 1.82) is 0 Å². The Balaban J connectivity index is 1.80. The van der Waals surface area contributed by atoms with Gasteiger partial charge in [0.05, 0.1) is 0 Å². The van der Waals surface area contributed by atoms with Gasteiger partial charge in [0.2, 0.25) is 5.91 Å². The van der Waals surface area contributed by atoms with E-state index in [1.54, 1.807) is 32.6 Å². The van der Waals surface area contributed by atoms with Crippen LogP contribution in [0.15, 0.2) is 73.1 Å². The summed E-state index contributed by atoms with van der Waals surface area (Å²) in [6, 6.07) is 17.9. The summed E-state index contributed by atoms with van der Waals surface area (Å²) in [5.41, 5.74) is 4.00. The molecule has 0 aliphatic carbocycles. The fraction of sp³-hybridized carbons (Fsp3) is 0.208. The van der Waals surface area contributed by atoms with Gasteiger partial charge in [-0.05, 0) is 41.8 Å². The first-order valence-electron chi connectivity index (χ1n) is 9.76. The number of carbonyl (C=O) groups is 2. The van der Waals surface area contributed by atoms with E-state index in [2.05, 4.69) is 15.6 Å². The summed E-state index contributed by atoms with van der Waals surface area (Å²) >= 11 is 0. The van der Waals surface area contributed by atoms with Crippen molar-refractivity contribution in [2.75, 3.05) is 19.4 Å². The standard InChI is InChI=1S/C24H26N4O2/c1-17-20(12-7-13-21(17)26-16-18-9-8-14-25-15-18)23(29)27-22(24(30)28(2)3)19-10-5-4-6-11-19/h4-15,22,26H,16H2,1-3H3,(H,27,29)/t22-/m1/s1. The van der Waals surface area contributed by atoms with Gasteiger partial charge in [-0.1, -0.05) is 42.5 Å². The van der Waals surface area contributed by atoms with Gasteiger partial charge >= 0.3 is 0 Å². The van der Waals surface area contributed by atoms with Gasteiger partial charge in [-0.15, -0.1) is 0 Å². The lowest BCUT2D eigenvalue weighted by Crippen LogP contribution is -2.40. The van der Waals surface area contributed by atoms with Gasteiger partial charge in [-0.25, -0.2) is 0 Å². The Morgan fingerprint density at radius 3 is 2.43 bits per heavy atom. The molecule has 0 spiro atoms. The van der Waals surface area contributed by atoms with Crippen LogP contribution in [0, 0.1) is 6.92 Å². The lowest BCUT2D eigenvalue weighted by Gasteiger charge is -2.23. The third-order valence-corrected chi connectivity index (χ3v) is 4.88. The summed E-state index contributed by atoms with van der Waals surface area (Å²) in [6.45, 7) is 2.50. The molecule has 2 N–H and O–H groups in total. The molecule has 0 aliphatic heterocycles. The number of pyridine rings is 1. The lowest BCUT2D eigenvalue weighted by atomic mass is 10.0. The number of likely N-dealkylation sites (N-methyl/N-ethyl adjacent to an activating group) is 1. The van der Waals surface area contributed by atoms with Crippen molar-refractivity contribution >= 4 is 17.5 Å². The van der Waals surface area contributed by atoms with Crippen LogP contribution < -0.4 is 10.6 Å². The van der Waals surface area contributed by atoms with Crippen LogP contribution in [-0.2, 0) is 11.3 Å². The molecular formula is C24H26N4O2. The van der Waals surface area contributed by atoms with Gasteiger partial charge in [0.1, 0.15) is 6.04 Å². The number of anilines is 1. The zero-order chi connectivity index (χ0) is 21.5. The number of hydrogen-bond acceptors (Lipinski definition) is 4. The summed E-state index contributed by atoms with van der Waals surface area (Å²) in [5, 5.41) is 6.26. The maximum Gasteiger partial charge on any atom is 0.252 e. The average Bonchev–Trinajstić information content (AvgIpc) is 2.77. The molecule has 3 rings (SSSR count). The number of benzene rings is 2. The van der Waals surface area contributed by atoms with Gasteiger partial charge in [-0.3, -0.25) is 14.6 Å². The highest BCUT2D eigenvalue weighted by Gasteiger charge is 2.25. The molecule has 0 unspecified atom stereocenters. The minimum atomic E-state index is -0.750. The predicted molar refractivity (Wildman–Crippen MR) is 118 cm³/mol. The topological polar surface area (TPSA) is 74.3 Å². The van der Waals surface area contributed by atoms with E-state index in [-0.39, 0.29) is 11.8 Å². The summed E-state index contributed by atoms with van der Waals surface area (Å²) < 4.78 is 0. The second-order valence-electron chi connectivity index (χ2n) is 7.24. The van der Waals surface area contributed by atoms with Crippen LogP contribution in [-0.4, -0.2) is 35.8 Å². The molecule has 0 saturated heterocycles. The molecule has 6 heteroatoms. The molecule has 6 nitrogen and oxygen atoms in total. The minimum Gasteiger partial charge on any atom is -0.381 e. The molecule has 0 aliphatic rings. The van der Waals surface area contributed by atoms with Crippen LogP contribution >= 0.6 is 0 Å². The number of carbonyl (C=O) groups excluding carboxylic acids is 2. The number of rotatable bonds is 7. The van der Waals surface area contributed by atoms with Crippen molar-refractivity contribution in [3.05, 3.63) is 95.3 Å². The molecule has 0 saturated carbocycles. The van der Waals surface area contributed by atoms with Crippen molar-refractivity contribution in [3.8, 4) is 0 Å². The molecular weight excluding hydrogens is 376 g/mol. The normalized spacial score (nSPS) is 11.4. The highest BCUT2D eigenvalue weighted by molar-refractivity contribution is 6.00. The monoisotopic (exact) mass is 402 g/mol.